The van der Waals surface area contributed by atoms with Crippen LogP contribution in [0.5, 0.6) is 0 Å². The largest absolute Gasteiger partial charge is 0.352 e. The van der Waals surface area contributed by atoms with Gasteiger partial charge in [-0.1, -0.05) is 59.7 Å². The molecule has 0 heterocycles. The molecule has 0 saturated heterocycles. The van der Waals surface area contributed by atoms with Gasteiger partial charge in [0.1, 0.15) is 6.04 Å². The second-order valence-corrected chi connectivity index (χ2v) is 7.52. The lowest BCUT2D eigenvalue weighted by atomic mass is 10.0. The average Bonchev–Trinajstić information content (AvgIpc) is 2.58. The molecular weight excluding hydrogens is 336 g/mol. The maximum Gasteiger partial charge on any atom is 0.242 e. The summed E-state index contributed by atoms with van der Waals surface area (Å²) < 4.78 is 0. The highest BCUT2D eigenvalue weighted by atomic mass is 16.2. The first-order valence-electron chi connectivity index (χ1n) is 9.47. The molecule has 0 aromatic heterocycles. The first-order chi connectivity index (χ1) is 12.8. The van der Waals surface area contributed by atoms with E-state index in [-0.39, 0.29) is 24.3 Å². The van der Waals surface area contributed by atoms with Gasteiger partial charge in [0, 0.05) is 12.6 Å². The topological polar surface area (TPSA) is 49.4 Å². The summed E-state index contributed by atoms with van der Waals surface area (Å²) in [7, 11) is 0. The number of amides is 2. The van der Waals surface area contributed by atoms with E-state index < -0.39 is 6.04 Å². The van der Waals surface area contributed by atoms with E-state index in [9.17, 15) is 9.59 Å². The summed E-state index contributed by atoms with van der Waals surface area (Å²) in [6.45, 7) is 10.1. The van der Waals surface area contributed by atoms with Crippen LogP contribution >= 0.6 is 0 Å². The molecule has 1 N–H and O–H groups in total. The van der Waals surface area contributed by atoms with Gasteiger partial charge < -0.3 is 10.2 Å². The Morgan fingerprint density at radius 2 is 1.52 bits per heavy atom. The second-order valence-electron chi connectivity index (χ2n) is 7.52. The summed E-state index contributed by atoms with van der Waals surface area (Å²) in [6.07, 6.45) is 0.286. The number of hydrogen-bond donors (Lipinski definition) is 1. The molecule has 2 aromatic carbocycles. The predicted octanol–water partition coefficient (Wildman–Crippen LogP) is 3.79. The third-order valence-corrected chi connectivity index (χ3v) is 4.43. The molecule has 4 heteroatoms. The number of hydrogen-bond acceptors (Lipinski definition) is 2. The normalized spacial score (nSPS) is 11.9. The molecule has 2 amide bonds. The Morgan fingerprint density at radius 3 is 2.07 bits per heavy atom. The number of aryl methyl sites for hydroxylation is 2. The highest BCUT2D eigenvalue weighted by Crippen LogP contribution is 2.15. The summed E-state index contributed by atoms with van der Waals surface area (Å²) in [5.41, 5.74) is 4.26. The van der Waals surface area contributed by atoms with Crippen molar-refractivity contribution in [2.75, 3.05) is 0 Å². The Hall–Kier alpha value is -2.62. The summed E-state index contributed by atoms with van der Waals surface area (Å²) >= 11 is 0. The third-order valence-electron chi connectivity index (χ3n) is 4.43. The van der Waals surface area contributed by atoms with Crippen molar-refractivity contribution in [1.29, 1.82) is 0 Å². The monoisotopic (exact) mass is 366 g/mol. The van der Waals surface area contributed by atoms with E-state index in [2.05, 4.69) is 11.4 Å². The van der Waals surface area contributed by atoms with E-state index in [1.54, 1.807) is 11.8 Å². The molecule has 144 valence electrons. The van der Waals surface area contributed by atoms with Crippen molar-refractivity contribution >= 4 is 11.8 Å². The molecular formula is C23H30N2O2. The van der Waals surface area contributed by atoms with Gasteiger partial charge >= 0.3 is 0 Å². The summed E-state index contributed by atoms with van der Waals surface area (Å²) in [4.78, 5) is 27.3. The van der Waals surface area contributed by atoms with E-state index in [1.165, 1.54) is 0 Å². The van der Waals surface area contributed by atoms with E-state index in [1.807, 2.05) is 70.2 Å². The van der Waals surface area contributed by atoms with Crippen molar-refractivity contribution in [3.05, 3.63) is 70.8 Å². The molecule has 0 aliphatic carbocycles. The van der Waals surface area contributed by atoms with Crippen LogP contribution in [0.4, 0.5) is 0 Å². The molecule has 0 saturated carbocycles. The maximum atomic E-state index is 13.1. The van der Waals surface area contributed by atoms with Crippen molar-refractivity contribution < 1.29 is 9.59 Å². The van der Waals surface area contributed by atoms with Crippen LogP contribution in [0, 0.1) is 13.8 Å². The molecule has 0 bridgehead atoms. The van der Waals surface area contributed by atoms with Gasteiger partial charge in [-0.25, -0.2) is 0 Å². The van der Waals surface area contributed by atoms with Crippen LogP contribution < -0.4 is 5.32 Å². The number of benzene rings is 2. The number of carbonyl (C=O) groups excluding carboxylic acids is 2. The zero-order valence-electron chi connectivity index (χ0n) is 17.0. The second kappa shape index (κ2) is 9.36. The molecule has 0 spiro atoms. The number of nitrogens with zero attached hydrogens (tertiary/aromatic N) is 1. The van der Waals surface area contributed by atoms with Crippen LogP contribution in [0.1, 0.15) is 43.0 Å². The first kappa shape index (κ1) is 20.7. The Kier molecular flexibility index (Phi) is 7.17. The van der Waals surface area contributed by atoms with Crippen molar-refractivity contribution in [2.45, 2.75) is 59.7 Å². The first-order valence-corrected chi connectivity index (χ1v) is 9.47. The molecule has 0 fully saturated rings. The van der Waals surface area contributed by atoms with Gasteiger partial charge in [-0.15, -0.1) is 0 Å². The lowest BCUT2D eigenvalue weighted by Gasteiger charge is -2.29. The van der Waals surface area contributed by atoms with Gasteiger partial charge in [0.05, 0.1) is 6.42 Å². The van der Waals surface area contributed by atoms with Crippen molar-refractivity contribution in [3.63, 3.8) is 0 Å². The lowest BCUT2D eigenvalue weighted by molar-refractivity contribution is -0.140. The highest BCUT2D eigenvalue weighted by Gasteiger charge is 2.26. The Bertz CT molecular complexity index is 764. The smallest absolute Gasteiger partial charge is 0.242 e. The summed E-state index contributed by atoms with van der Waals surface area (Å²) in [5, 5.41) is 2.91. The Balaban J connectivity index is 2.24. The molecule has 2 rings (SSSR count). The van der Waals surface area contributed by atoms with E-state index in [0.717, 1.165) is 22.3 Å². The zero-order valence-corrected chi connectivity index (χ0v) is 17.0. The van der Waals surface area contributed by atoms with Crippen LogP contribution in [0.2, 0.25) is 0 Å². The van der Waals surface area contributed by atoms with E-state index in [4.69, 9.17) is 0 Å². The standard InChI is InChI=1S/C23H30N2O2/c1-16(2)24-23(27)19(5)25(15-20-9-7-6-8-10-20)22(26)14-21-12-17(3)11-18(4)13-21/h6-13,16,19H,14-15H2,1-5H3,(H,24,27)/t19-/m0/s1. The molecule has 0 aliphatic rings. The Labute approximate surface area is 162 Å². The van der Waals surface area contributed by atoms with E-state index in [0.29, 0.717) is 6.54 Å². The van der Waals surface area contributed by atoms with Gasteiger partial charge in [0.2, 0.25) is 11.8 Å². The lowest BCUT2D eigenvalue weighted by Crippen LogP contribution is -2.49. The minimum absolute atomic E-state index is 0.0352. The molecule has 0 aliphatic heterocycles. The molecule has 1 atom stereocenters. The fraction of sp³-hybridized carbons (Fsp3) is 0.391. The van der Waals surface area contributed by atoms with Crippen molar-refractivity contribution in [3.8, 4) is 0 Å². The number of nitrogens with one attached hydrogen (secondary N) is 1. The molecule has 0 radical (unpaired) electrons. The Morgan fingerprint density at radius 1 is 0.926 bits per heavy atom. The summed E-state index contributed by atoms with van der Waals surface area (Å²) in [5.74, 6) is -0.176. The molecule has 4 nitrogen and oxygen atoms in total. The fourth-order valence-electron chi connectivity index (χ4n) is 3.22. The van der Waals surface area contributed by atoms with E-state index >= 15 is 0 Å². The van der Waals surface area contributed by atoms with Gasteiger partial charge in [-0.05, 0) is 45.7 Å². The van der Waals surface area contributed by atoms with Gasteiger partial charge in [-0.3, -0.25) is 9.59 Å². The van der Waals surface area contributed by atoms with Crippen molar-refractivity contribution in [2.24, 2.45) is 0 Å². The SMILES string of the molecule is Cc1cc(C)cc(CC(=O)N(Cc2ccccc2)[C@@H](C)C(=O)NC(C)C)c1. The minimum Gasteiger partial charge on any atom is -0.352 e. The fourth-order valence-corrected chi connectivity index (χ4v) is 3.22. The number of carbonyl (C=O) groups is 2. The minimum atomic E-state index is -0.536. The zero-order chi connectivity index (χ0) is 20.0. The van der Waals surface area contributed by atoms with Crippen LogP contribution in [0.25, 0.3) is 0 Å². The summed E-state index contributed by atoms with van der Waals surface area (Å²) in [6, 6.07) is 15.4. The van der Waals surface area contributed by atoms with Gasteiger partial charge in [-0.2, -0.15) is 0 Å². The van der Waals surface area contributed by atoms with Crippen LogP contribution in [-0.4, -0.2) is 28.8 Å². The number of rotatable bonds is 7. The quantitative estimate of drug-likeness (QED) is 0.810. The van der Waals surface area contributed by atoms with Crippen molar-refractivity contribution in [1.82, 2.24) is 10.2 Å². The van der Waals surface area contributed by atoms with Gasteiger partial charge in [0.15, 0.2) is 0 Å². The maximum absolute atomic E-state index is 13.1. The molecule has 2 aromatic rings. The van der Waals surface area contributed by atoms with Gasteiger partial charge in [0.25, 0.3) is 0 Å². The third kappa shape index (κ3) is 6.24. The highest BCUT2D eigenvalue weighted by molar-refractivity contribution is 5.88. The van der Waals surface area contributed by atoms with Crippen LogP contribution in [-0.2, 0) is 22.6 Å². The molecule has 27 heavy (non-hydrogen) atoms. The van der Waals surface area contributed by atoms with Crippen LogP contribution in [0.3, 0.4) is 0 Å². The average molecular weight is 367 g/mol. The molecule has 0 unspecified atom stereocenters. The van der Waals surface area contributed by atoms with Crippen LogP contribution in [0.15, 0.2) is 48.5 Å². The predicted molar refractivity (Wildman–Crippen MR) is 109 cm³/mol.